The van der Waals surface area contributed by atoms with E-state index in [2.05, 4.69) is 0 Å². The lowest BCUT2D eigenvalue weighted by molar-refractivity contribution is -0.385. The molecule has 1 heterocycles. The molecule has 20 heavy (non-hydrogen) atoms. The maximum Gasteiger partial charge on any atom is 0.285 e. The second-order valence-electron chi connectivity index (χ2n) is 5.01. The number of halogens is 2. The molecule has 1 amide bonds. The number of hydrogen-bond acceptors (Lipinski definition) is 4. The van der Waals surface area contributed by atoms with Gasteiger partial charge in [-0.1, -0.05) is 0 Å². The summed E-state index contributed by atoms with van der Waals surface area (Å²) < 4.78 is 26.2. The molecule has 1 atom stereocenters. The van der Waals surface area contributed by atoms with Gasteiger partial charge in [-0.3, -0.25) is 14.9 Å². The van der Waals surface area contributed by atoms with Crippen molar-refractivity contribution >= 4 is 11.6 Å². The van der Waals surface area contributed by atoms with E-state index in [1.807, 2.05) is 0 Å². The van der Waals surface area contributed by atoms with Crippen LogP contribution >= 0.6 is 0 Å². The minimum Gasteiger partial charge on any atom is -0.388 e. The number of rotatable bonds is 2. The predicted molar refractivity (Wildman–Crippen MR) is 64.2 cm³/mol. The van der Waals surface area contributed by atoms with Crippen LogP contribution in [0.3, 0.4) is 0 Å². The number of carbonyl (C=O) groups is 1. The summed E-state index contributed by atoms with van der Waals surface area (Å²) in [5.41, 5.74) is -2.39. The molecule has 1 aliphatic rings. The van der Waals surface area contributed by atoms with Crippen LogP contribution in [0.4, 0.5) is 14.5 Å². The SMILES string of the molecule is CC1(O)CCN(C(=O)c2cc(F)c(F)cc2[N+](=O)[O-])C1. The Morgan fingerprint density at radius 1 is 1.45 bits per heavy atom. The van der Waals surface area contributed by atoms with Crippen LogP contribution in [-0.2, 0) is 0 Å². The molecule has 1 aromatic carbocycles. The van der Waals surface area contributed by atoms with Gasteiger partial charge in [0.25, 0.3) is 11.6 Å². The summed E-state index contributed by atoms with van der Waals surface area (Å²) in [7, 11) is 0. The third-order valence-corrected chi connectivity index (χ3v) is 3.20. The molecular formula is C12H12F2N2O4. The molecular weight excluding hydrogens is 274 g/mol. The van der Waals surface area contributed by atoms with E-state index in [1.165, 1.54) is 11.8 Å². The van der Waals surface area contributed by atoms with Gasteiger partial charge >= 0.3 is 0 Å². The lowest BCUT2D eigenvalue weighted by atomic mass is 10.1. The van der Waals surface area contributed by atoms with E-state index in [0.29, 0.717) is 18.6 Å². The van der Waals surface area contributed by atoms with Crippen molar-refractivity contribution in [2.75, 3.05) is 13.1 Å². The Morgan fingerprint density at radius 2 is 2.05 bits per heavy atom. The van der Waals surface area contributed by atoms with Gasteiger partial charge in [0.1, 0.15) is 5.56 Å². The lowest BCUT2D eigenvalue weighted by Gasteiger charge is -2.19. The van der Waals surface area contributed by atoms with Gasteiger partial charge < -0.3 is 10.0 Å². The first-order valence-corrected chi connectivity index (χ1v) is 5.86. The molecule has 108 valence electrons. The second kappa shape index (κ2) is 4.78. The van der Waals surface area contributed by atoms with E-state index in [4.69, 9.17) is 0 Å². The van der Waals surface area contributed by atoms with Gasteiger partial charge in [-0.05, 0) is 19.4 Å². The number of nitro benzene ring substituents is 1. The number of β-amino-alcohol motifs (C(OH)–C–C–N with tert-alkyl or cyclic N) is 1. The highest BCUT2D eigenvalue weighted by atomic mass is 19.2. The van der Waals surface area contributed by atoms with Crippen LogP contribution < -0.4 is 0 Å². The van der Waals surface area contributed by atoms with Crippen LogP contribution in [0.25, 0.3) is 0 Å². The van der Waals surface area contributed by atoms with Gasteiger partial charge in [0.15, 0.2) is 11.6 Å². The third kappa shape index (κ3) is 2.60. The summed E-state index contributed by atoms with van der Waals surface area (Å²) in [5, 5.41) is 20.6. The zero-order valence-corrected chi connectivity index (χ0v) is 10.6. The number of nitrogens with zero attached hydrogens (tertiary/aromatic N) is 2. The number of amides is 1. The van der Waals surface area contributed by atoms with E-state index in [1.54, 1.807) is 0 Å². The van der Waals surface area contributed by atoms with Crippen LogP contribution in [0.1, 0.15) is 23.7 Å². The van der Waals surface area contributed by atoms with E-state index in [-0.39, 0.29) is 13.1 Å². The fraction of sp³-hybridized carbons (Fsp3) is 0.417. The highest BCUT2D eigenvalue weighted by Crippen LogP contribution is 2.27. The molecule has 8 heteroatoms. The van der Waals surface area contributed by atoms with Crippen molar-refractivity contribution < 1.29 is 23.6 Å². The van der Waals surface area contributed by atoms with Crippen molar-refractivity contribution in [2.45, 2.75) is 18.9 Å². The summed E-state index contributed by atoms with van der Waals surface area (Å²) in [4.78, 5) is 23.2. The Balaban J connectivity index is 2.39. The Bertz CT molecular complexity index is 589. The average molecular weight is 286 g/mol. The van der Waals surface area contributed by atoms with E-state index < -0.39 is 39.3 Å². The Hall–Kier alpha value is -2.09. The number of benzene rings is 1. The average Bonchev–Trinajstić information content (AvgIpc) is 2.71. The minimum absolute atomic E-state index is 0.0119. The molecule has 0 aliphatic carbocycles. The highest BCUT2D eigenvalue weighted by molar-refractivity contribution is 5.98. The van der Waals surface area contributed by atoms with Crippen molar-refractivity contribution in [2.24, 2.45) is 0 Å². The summed E-state index contributed by atoms with van der Waals surface area (Å²) in [5.74, 6) is -3.51. The van der Waals surface area contributed by atoms with Crippen LogP contribution in [-0.4, -0.2) is 39.5 Å². The molecule has 2 rings (SSSR count). The van der Waals surface area contributed by atoms with Crippen molar-refractivity contribution in [1.29, 1.82) is 0 Å². The maximum atomic E-state index is 13.2. The molecule has 0 aromatic heterocycles. The third-order valence-electron chi connectivity index (χ3n) is 3.20. The standard InChI is InChI=1S/C12H12F2N2O4/c1-12(18)2-3-15(6-12)11(17)7-4-8(13)9(14)5-10(7)16(19)20/h4-5,18H,2-3,6H2,1H3. The molecule has 1 aliphatic heterocycles. The fourth-order valence-electron chi connectivity index (χ4n) is 2.15. The molecule has 1 saturated heterocycles. The molecule has 0 bridgehead atoms. The van der Waals surface area contributed by atoms with Gasteiger partial charge in [0.2, 0.25) is 0 Å². The topological polar surface area (TPSA) is 83.7 Å². The smallest absolute Gasteiger partial charge is 0.285 e. The molecule has 1 aromatic rings. The second-order valence-corrected chi connectivity index (χ2v) is 5.01. The lowest BCUT2D eigenvalue weighted by Crippen LogP contribution is -2.34. The fourth-order valence-corrected chi connectivity index (χ4v) is 2.15. The monoisotopic (exact) mass is 286 g/mol. The normalized spacial score (nSPS) is 22.1. The van der Waals surface area contributed by atoms with Crippen molar-refractivity contribution in [3.05, 3.63) is 39.4 Å². The summed E-state index contributed by atoms with van der Waals surface area (Å²) in [6, 6.07) is 0.902. The van der Waals surface area contributed by atoms with Crippen LogP contribution in [0.5, 0.6) is 0 Å². The van der Waals surface area contributed by atoms with Gasteiger partial charge in [-0.25, -0.2) is 8.78 Å². The van der Waals surface area contributed by atoms with Gasteiger partial charge in [0.05, 0.1) is 16.6 Å². The van der Waals surface area contributed by atoms with E-state index >= 15 is 0 Å². The highest BCUT2D eigenvalue weighted by Gasteiger charge is 2.36. The van der Waals surface area contributed by atoms with E-state index in [0.717, 1.165) is 0 Å². The van der Waals surface area contributed by atoms with E-state index in [9.17, 15) is 28.8 Å². The number of hydrogen-bond donors (Lipinski definition) is 1. The molecule has 1 fully saturated rings. The van der Waals surface area contributed by atoms with Crippen molar-refractivity contribution in [3.63, 3.8) is 0 Å². The molecule has 6 nitrogen and oxygen atoms in total. The zero-order chi connectivity index (χ0) is 15.1. The maximum absolute atomic E-state index is 13.2. The Labute approximate surface area is 112 Å². The first-order valence-electron chi connectivity index (χ1n) is 5.86. The molecule has 1 N–H and O–H groups in total. The number of carbonyl (C=O) groups excluding carboxylic acids is 1. The van der Waals surface area contributed by atoms with Crippen LogP contribution in [0.15, 0.2) is 12.1 Å². The van der Waals surface area contributed by atoms with Gasteiger partial charge in [0, 0.05) is 13.1 Å². The summed E-state index contributed by atoms with van der Waals surface area (Å²) >= 11 is 0. The van der Waals surface area contributed by atoms with Gasteiger partial charge in [-0.2, -0.15) is 0 Å². The number of likely N-dealkylation sites (tertiary alicyclic amines) is 1. The zero-order valence-electron chi connectivity index (χ0n) is 10.6. The number of aliphatic hydroxyl groups is 1. The quantitative estimate of drug-likeness (QED) is 0.659. The Kier molecular flexibility index (Phi) is 3.43. The number of nitro groups is 1. The first-order chi connectivity index (χ1) is 9.21. The van der Waals surface area contributed by atoms with Crippen molar-refractivity contribution in [1.82, 2.24) is 4.90 Å². The molecule has 1 unspecified atom stereocenters. The Morgan fingerprint density at radius 3 is 2.55 bits per heavy atom. The predicted octanol–water partition coefficient (Wildman–Crippen LogP) is 1.47. The summed E-state index contributed by atoms with van der Waals surface area (Å²) in [6.07, 6.45) is 0.316. The molecule has 0 saturated carbocycles. The first kappa shape index (κ1) is 14.3. The summed E-state index contributed by atoms with van der Waals surface area (Å²) in [6.45, 7) is 1.71. The van der Waals surface area contributed by atoms with Crippen molar-refractivity contribution in [3.8, 4) is 0 Å². The largest absolute Gasteiger partial charge is 0.388 e. The molecule has 0 radical (unpaired) electrons. The van der Waals surface area contributed by atoms with Crippen LogP contribution in [0.2, 0.25) is 0 Å². The molecule has 0 spiro atoms. The van der Waals surface area contributed by atoms with Crippen LogP contribution in [0, 0.1) is 21.7 Å². The minimum atomic E-state index is -1.39. The van der Waals surface area contributed by atoms with Gasteiger partial charge in [-0.15, -0.1) is 0 Å².